The van der Waals surface area contributed by atoms with Gasteiger partial charge >= 0.3 is 0 Å². The Balaban J connectivity index is 1.44. The van der Waals surface area contributed by atoms with Crippen molar-refractivity contribution in [3.63, 3.8) is 0 Å². The molecule has 3 rings (SSSR count). The zero-order valence-corrected chi connectivity index (χ0v) is 15.4. The van der Waals surface area contributed by atoms with Crippen molar-refractivity contribution in [2.24, 2.45) is 4.99 Å². The molecule has 3 aromatic rings. The molecule has 0 saturated carbocycles. The van der Waals surface area contributed by atoms with E-state index in [9.17, 15) is 4.39 Å². The fraction of sp³-hybridized carbons (Fsp3) is 0.238. The average molecular weight is 365 g/mol. The van der Waals surface area contributed by atoms with Crippen LogP contribution in [-0.2, 0) is 19.5 Å². The second-order valence-corrected chi connectivity index (χ2v) is 6.26. The number of guanidine groups is 1. The van der Waals surface area contributed by atoms with Crippen LogP contribution >= 0.6 is 0 Å². The molecule has 0 unspecified atom stereocenters. The van der Waals surface area contributed by atoms with E-state index in [1.54, 1.807) is 19.2 Å². The standard InChI is InChI=1S/C21H24FN5/c1-23-21(24-11-10-17-8-5-9-20(22)12-17)25-13-19-14-26-27(16-19)15-18-6-3-2-4-7-18/h2-9,12,14,16H,10-11,13,15H2,1H3,(H2,23,24,25). The summed E-state index contributed by atoms with van der Waals surface area (Å²) in [6.07, 6.45) is 4.61. The average Bonchev–Trinajstić information content (AvgIpc) is 3.12. The number of aliphatic imine (C=N–C) groups is 1. The topological polar surface area (TPSA) is 54.2 Å². The minimum atomic E-state index is -0.206. The van der Waals surface area contributed by atoms with Gasteiger partial charge in [-0.25, -0.2) is 4.39 Å². The molecule has 0 bridgehead atoms. The molecule has 0 amide bonds. The number of hydrogen-bond donors (Lipinski definition) is 2. The molecule has 6 heteroatoms. The van der Waals surface area contributed by atoms with Gasteiger partial charge in [0.1, 0.15) is 5.82 Å². The molecule has 1 aromatic heterocycles. The molecule has 140 valence electrons. The Labute approximate surface area is 159 Å². The molecule has 0 aliphatic rings. The van der Waals surface area contributed by atoms with Crippen LogP contribution in [0, 0.1) is 5.82 Å². The zero-order chi connectivity index (χ0) is 18.9. The Hall–Kier alpha value is -3.15. The Bertz CT molecular complexity index is 873. The molecule has 2 aromatic carbocycles. The Morgan fingerprint density at radius 2 is 1.85 bits per heavy atom. The van der Waals surface area contributed by atoms with E-state index in [0.29, 0.717) is 19.0 Å². The molecular weight excluding hydrogens is 341 g/mol. The van der Waals surface area contributed by atoms with Crippen molar-refractivity contribution in [1.29, 1.82) is 0 Å². The highest BCUT2D eigenvalue weighted by atomic mass is 19.1. The molecule has 5 nitrogen and oxygen atoms in total. The Morgan fingerprint density at radius 3 is 2.63 bits per heavy atom. The summed E-state index contributed by atoms with van der Waals surface area (Å²) in [5.74, 6) is 0.504. The summed E-state index contributed by atoms with van der Waals surface area (Å²) in [5, 5.41) is 10.9. The van der Waals surface area contributed by atoms with Crippen LogP contribution in [0.4, 0.5) is 4.39 Å². The van der Waals surface area contributed by atoms with Gasteiger partial charge in [-0.2, -0.15) is 5.10 Å². The maximum absolute atomic E-state index is 13.2. The third-order valence-electron chi connectivity index (χ3n) is 4.15. The van der Waals surface area contributed by atoms with E-state index in [4.69, 9.17) is 0 Å². The minimum Gasteiger partial charge on any atom is -0.356 e. The van der Waals surface area contributed by atoms with E-state index >= 15 is 0 Å². The molecule has 0 aliphatic carbocycles. The summed E-state index contributed by atoms with van der Waals surface area (Å²) >= 11 is 0. The van der Waals surface area contributed by atoms with Gasteiger partial charge in [-0.15, -0.1) is 0 Å². The molecule has 1 heterocycles. The van der Waals surface area contributed by atoms with E-state index < -0.39 is 0 Å². The first-order chi connectivity index (χ1) is 13.2. The van der Waals surface area contributed by atoms with Crippen LogP contribution in [0.1, 0.15) is 16.7 Å². The first kappa shape index (κ1) is 18.6. The highest BCUT2D eigenvalue weighted by Crippen LogP contribution is 2.05. The number of hydrogen-bond acceptors (Lipinski definition) is 2. The van der Waals surface area contributed by atoms with E-state index in [-0.39, 0.29) is 5.82 Å². The van der Waals surface area contributed by atoms with Gasteiger partial charge in [0.15, 0.2) is 5.96 Å². The quantitative estimate of drug-likeness (QED) is 0.500. The smallest absolute Gasteiger partial charge is 0.191 e. The van der Waals surface area contributed by atoms with Crippen molar-refractivity contribution in [3.05, 3.63) is 89.5 Å². The summed E-state index contributed by atoms with van der Waals surface area (Å²) in [5.41, 5.74) is 3.26. The largest absolute Gasteiger partial charge is 0.356 e. The van der Waals surface area contributed by atoms with Crippen LogP contribution in [0.2, 0.25) is 0 Å². The highest BCUT2D eigenvalue weighted by Gasteiger charge is 2.03. The molecule has 27 heavy (non-hydrogen) atoms. The predicted molar refractivity (Wildman–Crippen MR) is 106 cm³/mol. The summed E-state index contributed by atoms with van der Waals surface area (Å²) in [4.78, 5) is 4.22. The lowest BCUT2D eigenvalue weighted by molar-refractivity contribution is 0.625. The maximum Gasteiger partial charge on any atom is 0.191 e. The first-order valence-corrected chi connectivity index (χ1v) is 8.97. The lowest BCUT2D eigenvalue weighted by Crippen LogP contribution is -2.37. The van der Waals surface area contributed by atoms with Crippen molar-refractivity contribution in [2.75, 3.05) is 13.6 Å². The van der Waals surface area contributed by atoms with E-state index in [1.165, 1.54) is 11.6 Å². The normalized spacial score (nSPS) is 11.4. The Morgan fingerprint density at radius 1 is 1.04 bits per heavy atom. The number of rotatable bonds is 7. The van der Waals surface area contributed by atoms with Crippen LogP contribution < -0.4 is 10.6 Å². The maximum atomic E-state index is 13.2. The van der Waals surface area contributed by atoms with E-state index in [2.05, 4.69) is 32.9 Å². The van der Waals surface area contributed by atoms with Crippen LogP contribution in [0.5, 0.6) is 0 Å². The van der Waals surface area contributed by atoms with Crippen molar-refractivity contribution in [2.45, 2.75) is 19.5 Å². The third kappa shape index (κ3) is 5.95. The van der Waals surface area contributed by atoms with Crippen LogP contribution in [0.15, 0.2) is 72.0 Å². The van der Waals surface area contributed by atoms with Crippen molar-refractivity contribution < 1.29 is 4.39 Å². The summed E-state index contributed by atoms with van der Waals surface area (Å²) in [7, 11) is 1.73. The summed E-state index contributed by atoms with van der Waals surface area (Å²) in [6, 6.07) is 16.9. The fourth-order valence-electron chi connectivity index (χ4n) is 2.78. The highest BCUT2D eigenvalue weighted by molar-refractivity contribution is 5.79. The molecule has 0 saturated heterocycles. The zero-order valence-electron chi connectivity index (χ0n) is 15.4. The molecule has 0 spiro atoms. The van der Waals surface area contributed by atoms with E-state index in [0.717, 1.165) is 24.1 Å². The SMILES string of the molecule is CN=C(NCCc1cccc(F)c1)NCc1cnn(Cc2ccccc2)c1. The fourth-order valence-corrected chi connectivity index (χ4v) is 2.78. The van der Waals surface area contributed by atoms with Crippen LogP contribution in [-0.4, -0.2) is 29.3 Å². The Kier molecular flexibility index (Phi) is 6.57. The summed E-state index contributed by atoms with van der Waals surface area (Å²) < 4.78 is 15.1. The van der Waals surface area contributed by atoms with Crippen LogP contribution in [0.3, 0.4) is 0 Å². The molecule has 0 aliphatic heterocycles. The van der Waals surface area contributed by atoms with Crippen LogP contribution in [0.25, 0.3) is 0 Å². The molecule has 2 N–H and O–H groups in total. The predicted octanol–water partition coefficient (Wildman–Crippen LogP) is 2.98. The molecule has 0 radical (unpaired) electrons. The minimum absolute atomic E-state index is 0.206. The van der Waals surface area contributed by atoms with Gasteiger partial charge in [-0.1, -0.05) is 42.5 Å². The van der Waals surface area contributed by atoms with Crippen molar-refractivity contribution >= 4 is 5.96 Å². The molecular formula is C21H24FN5. The van der Waals surface area contributed by atoms with Gasteiger partial charge < -0.3 is 10.6 Å². The second-order valence-electron chi connectivity index (χ2n) is 6.26. The lowest BCUT2D eigenvalue weighted by atomic mass is 10.1. The van der Waals surface area contributed by atoms with Gasteiger partial charge in [-0.05, 0) is 29.7 Å². The lowest BCUT2D eigenvalue weighted by Gasteiger charge is -2.11. The van der Waals surface area contributed by atoms with Crippen molar-refractivity contribution in [3.8, 4) is 0 Å². The van der Waals surface area contributed by atoms with Gasteiger partial charge in [0, 0.05) is 31.9 Å². The van der Waals surface area contributed by atoms with Gasteiger partial charge in [0.2, 0.25) is 0 Å². The number of benzene rings is 2. The number of nitrogens with zero attached hydrogens (tertiary/aromatic N) is 3. The third-order valence-corrected chi connectivity index (χ3v) is 4.15. The second kappa shape index (κ2) is 9.52. The number of aromatic nitrogens is 2. The monoisotopic (exact) mass is 365 g/mol. The number of halogens is 1. The first-order valence-electron chi connectivity index (χ1n) is 8.97. The van der Waals surface area contributed by atoms with Gasteiger partial charge in [0.05, 0.1) is 12.7 Å². The number of nitrogens with one attached hydrogen (secondary N) is 2. The van der Waals surface area contributed by atoms with E-state index in [1.807, 2.05) is 41.3 Å². The summed E-state index contributed by atoms with van der Waals surface area (Å²) in [6.45, 7) is 2.06. The molecule has 0 fully saturated rings. The molecule has 0 atom stereocenters. The van der Waals surface area contributed by atoms with Gasteiger partial charge in [0.25, 0.3) is 0 Å². The van der Waals surface area contributed by atoms with Gasteiger partial charge in [-0.3, -0.25) is 9.67 Å². The van der Waals surface area contributed by atoms with Crippen molar-refractivity contribution in [1.82, 2.24) is 20.4 Å².